The Bertz CT molecular complexity index is 437. The topological polar surface area (TPSA) is 67.8 Å². The van der Waals surface area contributed by atoms with Crippen molar-refractivity contribution in [1.82, 2.24) is 5.32 Å². The largest absolute Gasteiger partial charge is 0.490 e. The third-order valence-electron chi connectivity index (χ3n) is 2.29. The number of hydrogen-bond acceptors (Lipinski definition) is 4. The van der Waals surface area contributed by atoms with Crippen molar-refractivity contribution in [2.75, 3.05) is 19.8 Å². The number of halogens is 1. The van der Waals surface area contributed by atoms with E-state index in [9.17, 15) is 4.79 Å². The second-order valence-corrected chi connectivity index (χ2v) is 4.21. The summed E-state index contributed by atoms with van der Waals surface area (Å²) in [6, 6.07) is 3.54. The number of ether oxygens (including phenoxy) is 2. The van der Waals surface area contributed by atoms with Crippen molar-refractivity contribution in [2.45, 2.75) is 20.4 Å². The summed E-state index contributed by atoms with van der Waals surface area (Å²) in [5, 5.41) is 12.2. The number of hydrogen-bond donors (Lipinski definition) is 2. The summed E-state index contributed by atoms with van der Waals surface area (Å²) in [5.41, 5.74) is 0.956. The Morgan fingerprint density at radius 2 is 2.11 bits per heavy atom. The average molecular weight is 288 g/mol. The predicted octanol–water partition coefficient (Wildman–Crippen LogP) is 2.31. The average Bonchev–Trinajstić information content (AvgIpc) is 2.35. The van der Waals surface area contributed by atoms with Gasteiger partial charge in [-0.3, -0.25) is 0 Å². The zero-order chi connectivity index (χ0) is 14.3. The first-order chi connectivity index (χ1) is 9.08. The fraction of sp³-hybridized carbons (Fsp3) is 0.462. The summed E-state index contributed by atoms with van der Waals surface area (Å²) >= 11 is 6.11. The van der Waals surface area contributed by atoms with E-state index in [-0.39, 0.29) is 5.75 Å². The maximum atomic E-state index is 10.5. The van der Waals surface area contributed by atoms with Crippen LogP contribution in [0, 0.1) is 0 Å². The Balaban J connectivity index is 2.96. The molecule has 0 bridgehead atoms. The highest BCUT2D eigenvalue weighted by Gasteiger charge is 2.13. The summed E-state index contributed by atoms with van der Waals surface area (Å²) in [4.78, 5) is 10.5. The maximum Gasteiger partial charge on any atom is 0.341 e. The van der Waals surface area contributed by atoms with Crippen LogP contribution in [-0.2, 0) is 11.3 Å². The molecule has 0 aliphatic heterocycles. The lowest BCUT2D eigenvalue weighted by Gasteiger charge is -2.14. The molecule has 2 N–H and O–H groups in total. The minimum absolute atomic E-state index is 0.270. The molecule has 106 valence electrons. The SMILES string of the molecule is CCNCc1cc(Cl)c(OCC(=O)O)c(OCC)c1. The first kappa shape index (κ1) is 15.6. The van der Waals surface area contributed by atoms with Gasteiger partial charge in [-0.05, 0) is 31.2 Å². The van der Waals surface area contributed by atoms with Crippen molar-refractivity contribution in [3.63, 3.8) is 0 Å². The van der Waals surface area contributed by atoms with Crippen molar-refractivity contribution in [3.05, 3.63) is 22.7 Å². The fourth-order valence-corrected chi connectivity index (χ4v) is 1.82. The van der Waals surface area contributed by atoms with Crippen LogP contribution >= 0.6 is 11.6 Å². The fourth-order valence-electron chi connectivity index (χ4n) is 1.53. The van der Waals surface area contributed by atoms with Gasteiger partial charge in [-0.15, -0.1) is 0 Å². The van der Waals surface area contributed by atoms with Gasteiger partial charge < -0.3 is 19.9 Å². The molecular formula is C13H18ClNO4. The molecule has 0 amide bonds. The van der Waals surface area contributed by atoms with Gasteiger partial charge in [0.15, 0.2) is 18.1 Å². The molecule has 0 fully saturated rings. The highest BCUT2D eigenvalue weighted by Crippen LogP contribution is 2.36. The monoisotopic (exact) mass is 287 g/mol. The Morgan fingerprint density at radius 3 is 2.68 bits per heavy atom. The third-order valence-corrected chi connectivity index (χ3v) is 2.57. The molecule has 0 radical (unpaired) electrons. The van der Waals surface area contributed by atoms with Crippen molar-refractivity contribution < 1.29 is 19.4 Å². The van der Waals surface area contributed by atoms with Gasteiger partial charge in [0.25, 0.3) is 0 Å². The molecule has 0 atom stereocenters. The minimum Gasteiger partial charge on any atom is -0.490 e. The molecule has 19 heavy (non-hydrogen) atoms. The summed E-state index contributed by atoms with van der Waals surface area (Å²) in [7, 11) is 0. The molecule has 0 aliphatic rings. The van der Waals surface area contributed by atoms with Gasteiger partial charge >= 0.3 is 5.97 Å². The first-order valence-corrected chi connectivity index (χ1v) is 6.46. The Labute approximate surface area is 117 Å². The lowest BCUT2D eigenvalue weighted by molar-refractivity contribution is -0.139. The zero-order valence-electron chi connectivity index (χ0n) is 11.0. The van der Waals surface area contributed by atoms with E-state index in [0.29, 0.717) is 23.9 Å². The van der Waals surface area contributed by atoms with E-state index in [2.05, 4.69) is 5.32 Å². The smallest absolute Gasteiger partial charge is 0.341 e. The Morgan fingerprint density at radius 1 is 1.37 bits per heavy atom. The lowest BCUT2D eigenvalue weighted by atomic mass is 10.2. The normalized spacial score (nSPS) is 10.3. The molecule has 1 rings (SSSR count). The van der Waals surface area contributed by atoms with Crippen LogP contribution in [-0.4, -0.2) is 30.8 Å². The van der Waals surface area contributed by atoms with Gasteiger partial charge in [-0.1, -0.05) is 18.5 Å². The predicted molar refractivity (Wildman–Crippen MR) is 73.1 cm³/mol. The molecule has 0 saturated carbocycles. The molecule has 0 spiro atoms. The first-order valence-electron chi connectivity index (χ1n) is 6.09. The summed E-state index contributed by atoms with van der Waals surface area (Å²) in [6.45, 7) is 5.35. The van der Waals surface area contributed by atoms with Crippen LogP contribution in [0.25, 0.3) is 0 Å². The summed E-state index contributed by atoms with van der Waals surface area (Å²) < 4.78 is 10.6. The highest BCUT2D eigenvalue weighted by molar-refractivity contribution is 6.32. The van der Waals surface area contributed by atoms with E-state index in [1.807, 2.05) is 13.8 Å². The van der Waals surface area contributed by atoms with Crippen molar-refractivity contribution in [3.8, 4) is 11.5 Å². The van der Waals surface area contributed by atoms with Crippen LogP contribution < -0.4 is 14.8 Å². The number of rotatable bonds is 8. The van der Waals surface area contributed by atoms with Gasteiger partial charge in [0.2, 0.25) is 0 Å². The zero-order valence-corrected chi connectivity index (χ0v) is 11.8. The van der Waals surface area contributed by atoms with Gasteiger partial charge in [0.05, 0.1) is 11.6 Å². The van der Waals surface area contributed by atoms with Gasteiger partial charge in [-0.25, -0.2) is 4.79 Å². The number of carbonyl (C=O) groups is 1. The van der Waals surface area contributed by atoms with E-state index in [4.69, 9.17) is 26.2 Å². The van der Waals surface area contributed by atoms with Crippen molar-refractivity contribution >= 4 is 17.6 Å². The van der Waals surface area contributed by atoms with E-state index in [0.717, 1.165) is 12.1 Å². The van der Waals surface area contributed by atoms with E-state index in [1.165, 1.54) is 0 Å². The molecule has 1 aromatic carbocycles. The van der Waals surface area contributed by atoms with Crippen LogP contribution in [0.1, 0.15) is 19.4 Å². The van der Waals surface area contributed by atoms with E-state index in [1.54, 1.807) is 12.1 Å². The maximum absolute atomic E-state index is 10.5. The van der Waals surface area contributed by atoms with Crippen molar-refractivity contribution in [2.24, 2.45) is 0 Å². The molecule has 1 aromatic rings. The van der Waals surface area contributed by atoms with Crippen molar-refractivity contribution in [1.29, 1.82) is 0 Å². The number of aliphatic carboxylic acids is 1. The molecule has 6 heteroatoms. The molecule has 0 unspecified atom stereocenters. The van der Waals surface area contributed by atoms with Crippen LogP contribution in [0.4, 0.5) is 0 Å². The summed E-state index contributed by atoms with van der Waals surface area (Å²) in [6.07, 6.45) is 0. The highest BCUT2D eigenvalue weighted by atomic mass is 35.5. The summed E-state index contributed by atoms with van der Waals surface area (Å²) in [5.74, 6) is -0.328. The van der Waals surface area contributed by atoms with Crippen LogP contribution in [0.2, 0.25) is 5.02 Å². The molecule has 0 heterocycles. The van der Waals surface area contributed by atoms with Gasteiger partial charge in [0, 0.05) is 6.54 Å². The quantitative estimate of drug-likeness (QED) is 0.768. The standard InChI is InChI=1S/C13H18ClNO4/c1-3-15-7-9-5-10(14)13(19-8-12(16)17)11(6-9)18-4-2/h5-6,15H,3-4,7-8H2,1-2H3,(H,16,17). The number of carboxylic acid groups (broad SMARTS) is 1. The van der Waals surface area contributed by atoms with Crippen LogP contribution in [0.3, 0.4) is 0 Å². The minimum atomic E-state index is -1.06. The van der Waals surface area contributed by atoms with Gasteiger partial charge in [-0.2, -0.15) is 0 Å². The van der Waals surface area contributed by atoms with Crippen LogP contribution in [0.15, 0.2) is 12.1 Å². The second-order valence-electron chi connectivity index (χ2n) is 3.80. The molecule has 5 nitrogen and oxygen atoms in total. The molecule has 0 aromatic heterocycles. The number of nitrogens with one attached hydrogen (secondary N) is 1. The van der Waals surface area contributed by atoms with Gasteiger partial charge in [0.1, 0.15) is 0 Å². The van der Waals surface area contributed by atoms with E-state index < -0.39 is 12.6 Å². The Kier molecular flexibility index (Phi) is 6.45. The molecule has 0 aliphatic carbocycles. The number of benzene rings is 1. The second kappa shape index (κ2) is 7.86. The Hall–Kier alpha value is -1.46. The molecular weight excluding hydrogens is 270 g/mol. The third kappa shape index (κ3) is 4.96. The number of carboxylic acids is 1. The van der Waals surface area contributed by atoms with Crippen LogP contribution in [0.5, 0.6) is 11.5 Å². The lowest BCUT2D eigenvalue weighted by Crippen LogP contribution is -2.13. The molecule has 0 saturated heterocycles. The van der Waals surface area contributed by atoms with E-state index >= 15 is 0 Å².